The van der Waals surface area contributed by atoms with E-state index in [0.29, 0.717) is 0 Å². The Kier molecular flexibility index (Phi) is 7.94. The first kappa shape index (κ1) is 27.1. The van der Waals surface area contributed by atoms with E-state index in [1.807, 2.05) is 13.8 Å². The van der Waals surface area contributed by atoms with Gasteiger partial charge in [0.25, 0.3) is 10.0 Å². The fourth-order valence-corrected chi connectivity index (χ4v) is 7.19. The van der Waals surface area contributed by atoms with E-state index in [9.17, 15) is 21.6 Å². The summed E-state index contributed by atoms with van der Waals surface area (Å²) >= 11 is 6.34. The quantitative estimate of drug-likeness (QED) is 0.438. The predicted molar refractivity (Wildman–Crippen MR) is 144 cm³/mol. The first-order valence-corrected chi connectivity index (χ1v) is 14.9. The highest BCUT2D eigenvalue weighted by Crippen LogP contribution is 2.30. The van der Waals surface area contributed by atoms with Crippen LogP contribution in [0.15, 0.2) is 82.6 Å². The molecular weight excluding hydrogens is 534 g/mol. The van der Waals surface area contributed by atoms with Gasteiger partial charge in [-0.1, -0.05) is 59.1 Å². The SMILES string of the molecule is Cc1ccc(S(=O)(=O)N2CCN(C(=O)CN(c3ccccc3Cl)S(=O)(=O)c3ccc(C)cc3)CC2)cc1. The lowest BCUT2D eigenvalue weighted by Gasteiger charge is -2.35. The van der Waals surface area contributed by atoms with Gasteiger partial charge in [-0.3, -0.25) is 9.10 Å². The van der Waals surface area contributed by atoms with Crippen LogP contribution in [0.4, 0.5) is 5.69 Å². The van der Waals surface area contributed by atoms with Gasteiger partial charge in [-0.15, -0.1) is 0 Å². The Morgan fingerprint density at radius 1 is 0.784 bits per heavy atom. The number of amides is 1. The summed E-state index contributed by atoms with van der Waals surface area (Å²) < 4.78 is 55.5. The molecule has 3 aromatic carbocycles. The molecule has 4 rings (SSSR count). The minimum absolute atomic E-state index is 0.0415. The number of anilines is 1. The molecule has 1 amide bonds. The molecule has 1 saturated heterocycles. The maximum Gasteiger partial charge on any atom is 0.264 e. The number of aryl methyl sites for hydroxylation is 2. The Morgan fingerprint density at radius 3 is 1.84 bits per heavy atom. The lowest BCUT2D eigenvalue weighted by Crippen LogP contribution is -2.53. The van der Waals surface area contributed by atoms with Crippen molar-refractivity contribution in [1.82, 2.24) is 9.21 Å². The van der Waals surface area contributed by atoms with E-state index in [2.05, 4.69) is 0 Å². The van der Waals surface area contributed by atoms with Gasteiger partial charge in [0.2, 0.25) is 15.9 Å². The first-order valence-electron chi connectivity index (χ1n) is 11.7. The number of halogens is 1. The Labute approximate surface area is 223 Å². The molecule has 11 heteroatoms. The van der Waals surface area contributed by atoms with Crippen LogP contribution >= 0.6 is 11.6 Å². The van der Waals surface area contributed by atoms with Crippen LogP contribution in [0, 0.1) is 13.8 Å². The highest BCUT2D eigenvalue weighted by molar-refractivity contribution is 7.93. The van der Waals surface area contributed by atoms with Crippen LogP contribution in [-0.4, -0.2) is 64.7 Å². The number of hydrogen-bond acceptors (Lipinski definition) is 5. The molecule has 0 unspecified atom stereocenters. The van der Waals surface area contributed by atoms with Crippen LogP contribution in [0.25, 0.3) is 0 Å². The molecule has 0 radical (unpaired) electrons. The molecule has 0 atom stereocenters. The van der Waals surface area contributed by atoms with Gasteiger partial charge in [-0.2, -0.15) is 4.31 Å². The van der Waals surface area contributed by atoms with E-state index >= 15 is 0 Å². The summed E-state index contributed by atoms with van der Waals surface area (Å²) in [6.45, 7) is 3.77. The van der Waals surface area contributed by atoms with Crippen molar-refractivity contribution in [2.75, 3.05) is 37.0 Å². The van der Waals surface area contributed by atoms with Crippen LogP contribution in [0.2, 0.25) is 5.02 Å². The monoisotopic (exact) mass is 561 g/mol. The lowest BCUT2D eigenvalue weighted by molar-refractivity contribution is -0.130. The van der Waals surface area contributed by atoms with Crippen LogP contribution in [0.1, 0.15) is 11.1 Å². The van der Waals surface area contributed by atoms with Gasteiger partial charge in [-0.25, -0.2) is 16.8 Å². The van der Waals surface area contributed by atoms with Crippen molar-refractivity contribution in [3.8, 4) is 0 Å². The van der Waals surface area contributed by atoms with Crippen molar-refractivity contribution < 1.29 is 21.6 Å². The summed E-state index contributed by atoms with van der Waals surface area (Å²) in [6.07, 6.45) is 0. The Bertz CT molecular complexity index is 1480. The second-order valence-corrected chi connectivity index (χ2v) is 13.1. The smallest absolute Gasteiger partial charge is 0.264 e. The molecular formula is C26H28ClN3O5S2. The zero-order valence-corrected chi connectivity index (χ0v) is 22.9. The van der Waals surface area contributed by atoms with Crippen LogP contribution in [0.5, 0.6) is 0 Å². The van der Waals surface area contributed by atoms with Crippen LogP contribution < -0.4 is 4.31 Å². The normalized spacial score (nSPS) is 14.9. The van der Waals surface area contributed by atoms with Crippen LogP contribution in [-0.2, 0) is 24.8 Å². The molecule has 1 heterocycles. The zero-order chi connectivity index (χ0) is 26.8. The second kappa shape index (κ2) is 10.8. The highest BCUT2D eigenvalue weighted by atomic mass is 35.5. The number of rotatable bonds is 7. The third-order valence-corrected chi connectivity index (χ3v) is 10.3. The van der Waals surface area contributed by atoms with Gasteiger partial charge >= 0.3 is 0 Å². The third-order valence-electron chi connectivity index (χ3n) is 6.26. The van der Waals surface area contributed by atoms with Gasteiger partial charge in [0.05, 0.1) is 20.5 Å². The minimum atomic E-state index is -4.11. The second-order valence-electron chi connectivity index (χ2n) is 8.87. The van der Waals surface area contributed by atoms with Crippen molar-refractivity contribution in [1.29, 1.82) is 0 Å². The largest absolute Gasteiger partial charge is 0.338 e. The fourth-order valence-electron chi connectivity index (χ4n) is 4.05. The maximum atomic E-state index is 13.6. The molecule has 8 nitrogen and oxygen atoms in total. The number of sulfonamides is 2. The molecule has 1 fully saturated rings. The molecule has 0 N–H and O–H groups in total. The molecule has 196 valence electrons. The maximum absolute atomic E-state index is 13.6. The first-order chi connectivity index (χ1) is 17.5. The molecule has 0 aromatic heterocycles. The molecule has 37 heavy (non-hydrogen) atoms. The van der Waals surface area contributed by atoms with Crippen molar-refractivity contribution in [3.63, 3.8) is 0 Å². The average Bonchev–Trinajstić information content (AvgIpc) is 2.88. The molecule has 1 aliphatic rings. The zero-order valence-electron chi connectivity index (χ0n) is 20.5. The molecule has 1 aliphatic heterocycles. The Balaban J connectivity index is 1.53. The topological polar surface area (TPSA) is 95.1 Å². The van der Waals surface area contributed by atoms with E-state index in [1.165, 1.54) is 21.3 Å². The highest BCUT2D eigenvalue weighted by Gasteiger charge is 2.33. The van der Waals surface area contributed by atoms with E-state index in [1.54, 1.807) is 60.7 Å². The summed E-state index contributed by atoms with van der Waals surface area (Å²) in [4.78, 5) is 15.0. The summed E-state index contributed by atoms with van der Waals surface area (Å²) in [7, 11) is -7.80. The lowest BCUT2D eigenvalue weighted by atomic mass is 10.2. The number of para-hydroxylation sites is 1. The van der Waals surface area contributed by atoms with Crippen molar-refractivity contribution in [3.05, 3.63) is 88.9 Å². The molecule has 0 bridgehead atoms. The van der Waals surface area contributed by atoms with Gasteiger partial charge in [-0.05, 0) is 50.2 Å². The number of benzene rings is 3. The van der Waals surface area contributed by atoms with Gasteiger partial charge in [0.15, 0.2) is 0 Å². The average molecular weight is 562 g/mol. The van der Waals surface area contributed by atoms with Crippen molar-refractivity contribution in [2.24, 2.45) is 0 Å². The number of piperazine rings is 1. The minimum Gasteiger partial charge on any atom is -0.338 e. The number of carbonyl (C=O) groups is 1. The van der Waals surface area contributed by atoms with E-state index in [0.717, 1.165) is 15.4 Å². The summed E-state index contributed by atoms with van der Waals surface area (Å²) in [5.74, 6) is -0.442. The third kappa shape index (κ3) is 5.82. The Hall–Kier alpha value is -2.92. The molecule has 0 saturated carbocycles. The predicted octanol–water partition coefficient (Wildman–Crippen LogP) is 3.69. The Morgan fingerprint density at radius 2 is 1.30 bits per heavy atom. The van der Waals surface area contributed by atoms with Crippen LogP contribution in [0.3, 0.4) is 0 Å². The van der Waals surface area contributed by atoms with Gasteiger partial charge in [0, 0.05) is 26.2 Å². The summed E-state index contributed by atoms with van der Waals surface area (Å²) in [6, 6.07) is 19.4. The van der Waals surface area contributed by atoms with Gasteiger partial charge < -0.3 is 4.90 Å². The van der Waals surface area contributed by atoms with E-state index in [-0.39, 0.29) is 46.7 Å². The summed E-state index contributed by atoms with van der Waals surface area (Å²) in [5.41, 5.74) is 2.05. The number of nitrogens with zero attached hydrogens (tertiary/aromatic N) is 3. The van der Waals surface area contributed by atoms with Crippen molar-refractivity contribution >= 4 is 43.2 Å². The summed E-state index contributed by atoms with van der Waals surface area (Å²) in [5, 5.41) is 0.194. The number of carbonyl (C=O) groups excluding carboxylic acids is 1. The molecule has 0 spiro atoms. The molecule has 0 aliphatic carbocycles. The van der Waals surface area contributed by atoms with Gasteiger partial charge in [0.1, 0.15) is 6.54 Å². The van der Waals surface area contributed by atoms with E-state index in [4.69, 9.17) is 11.6 Å². The van der Waals surface area contributed by atoms with E-state index < -0.39 is 32.5 Å². The van der Waals surface area contributed by atoms with Crippen molar-refractivity contribution in [2.45, 2.75) is 23.6 Å². The number of hydrogen-bond donors (Lipinski definition) is 0. The standard InChI is InChI=1S/C26H28ClN3O5S2/c1-20-7-11-22(12-8-20)36(32,33)29-17-15-28(16-18-29)26(31)19-30(25-6-4-3-5-24(25)27)37(34,35)23-13-9-21(2)10-14-23/h3-14H,15-19H2,1-2H3. The molecule has 3 aromatic rings. The fraction of sp³-hybridized carbons (Fsp3) is 0.269.